The number of carbonyl (C=O) groups excluding carboxylic acids is 1. The quantitative estimate of drug-likeness (QED) is 0.752. The highest BCUT2D eigenvalue weighted by Crippen LogP contribution is 2.20. The van der Waals surface area contributed by atoms with Gasteiger partial charge in [0.1, 0.15) is 11.9 Å². The molecule has 2 aromatic rings. The van der Waals surface area contributed by atoms with Crippen molar-refractivity contribution in [1.82, 2.24) is 30.6 Å². The Kier molecular flexibility index (Phi) is 3.34. The molecule has 0 saturated carbocycles. The van der Waals surface area contributed by atoms with E-state index in [-0.39, 0.29) is 5.91 Å². The summed E-state index contributed by atoms with van der Waals surface area (Å²) in [5, 5.41) is 6.11. The maximum absolute atomic E-state index is 12.4. The molecule has 7 heteroatoms. The maximum atomic E-state index is 12.4. The zero-order chi connectivity index (χ0) is 14.9. The van der Waals surface area contributed by atoms with E-state index in [0.717, 1.165) is 49.3 Å². The molecule has 0 spiro atoms. The molecule has 7 nitrogen and oxygen atoms in total. The highest BCUT2D eigenvalue weighted by molar-refractivity contribution is 5.83. The van der Waals surface area contributed by atoms with Crippen LogP contribution in [0.3, 0.4) is 0 Å². The van der Waals surface area contributed by atoms with E-state index < -0.39 is 6.04 Å². The first-order chi connectivity index (χ1) is 10.8. The van der Waals surface area contributed by atoms with Crippen LogP contribution in [0.4, 0.5) is 0 Å². The summed E-state index contributed by atoms with van der Waals surface area (Å²) in [6, 6.07) is -0.399. The molecule has 2 aliphatic rings. The van der Waals surface area contributed by atoms with Gasteiger partial charge >= 0.3 is 0 Å². The predicted molar refractivity (Wildman–Crippen MR) is 78.9 cm³/mol. The minimum absolute atomic E-state index is 0.0860. The number of fused-ring (bicyclic) bond motifs is 2. The van der Waals surface area contributed by atoms with Crippen molar-refractivity contribution in [3.8, 4) is 0 Å². The monoisotopic (exact) mass is 298 g/mol. The maximum Gasteiger partial charge on any atom is 0.243 e. The van der Waals surface area contributed by atoms with Gasteiger partial charge in [0.2, 0.25) is 5.91 Å². The molecule has 114 valence electrons. The van der Waals surface area contributed by atoms with Gasteiger partial charge in [0, 0.05) is 30.6 Å². The van der Waals surface area contributed by atoms with Crippen LogP contribution in [-0.2, 0) is 30.6 Å². The van der Waals surface area contributed by atoms with Crippen molar-refractivity contribution in [2.24, 2.45) is 0 Å². The third-order valence-electron chi connectivity index (χ3n) is 4.30. The molecular weight excluding hydrogens is 280 g/mol. The van der Waals surface area contributed by atoms with E-state index in [1.165, 1.54) is 5.56 Å². The molecule has 4 rings (SSSR count). The Balaban J connectivity index is 1.43. The first-order valence-electron chi connectivity index (χ1n) is 7.68. The number of carbonyl (C=O) groups is 1. The Bertz CT molecular complexity index is 710. The normalized spacial score (nSPS) is 19.5. The van der Waals surface area contributed by atoms with Gasteiger partial charge in [-0.25, -0.2) is 15.0 Å². The summed E-state index contributed by atoms with van der Waals surface area (Å²) in [7, 11) is 0. The molecule has 0 saturated heterocycles. The first-order valence-corrected chi connectivity index (χ1v) is 7.68. The smallest absolute Gasteiger partial charge is 0.243 e. The van der Waals surface area contributed by atoms with E-state index in [2.05, 4.69) is 30.6 Å². The van der Waals surface area contributed by atoms with Crippen LogP contribution < -0.4 is 10.6 Å². The Morgan fingerprint density at radius 1 is 1.32 bits per heavy atom. The zero-order valence-electron chi connectivity index (χ0n) is 12.2. The average molecular weight is 298 g/mol. The van der Waals surface area contributed by atoms with Crippen LogP contribution in [-0.4, -0.2) is 32.4 Å². The molecule has 1 aliphatic heterocycles. The molecule has 0 aromatic carbocycles. The van der Waals surface area contributed by atoms with Crippen LogP contribution in [0.2, 0.25) is 0 Å². The third kappa shape index (κ3) is 2.37. The van der Waals surface area contributed by atoms with Gasteiger partial charge in [0.15, 0.2) is 0 Å². The van der Waals surface area contributed by atoms with Crippen molar-refractivity contribution in [2.45, 2.75) is 38.3 Å². The van der Waals surface area contributed by atoms with Gasteiger partial charge in [-0.3, -0.25) is 4.79 Å². The standard InChI is InChI=1S/C15H18N6O/c22-15(14-13-11(4-5-16-14)19-8-20-13)18-7-12-17-6-9-2-1-3-10(9)21-12/h6,8,14,16H,1-5,7H2,(H,18,22)(H,19,20)/t14-/m1/s1. The molecular formula is C15H18N6O. The number of aromatic amines is 1. The molecule has 0 unspecified atom stereocenters. The minimum atomic E-state index is -0.399. The summed E-state index contributed by atoms with van der Waals surface area (Å²) in [6.45, 7) is 1.12. The second-order valence-electron chi connectivity index (χ2n) is 5.73. The van der Waals surface area contributed by atoms with Crippen molar-refractivity contribution < 1.29 is 4.79 Å². The Labute approximate surface area is 128 Å². The van der Waals surface area contributed by atoms with Crippen LogP contribution in [0.1, 0.15) is 40.9 Å². The summed E-state index contributed by atoms with van der Waals surface area (Å²) < 4.78 is 0. The number of hydrogen-bond acceptors (Lipinski definition) is 5. The van der Waals surface area contributed by atoms with E-state index in [1.54, 1.807) is 6.33 Å². The number of H-pyrrole nitrogens is 1. The van der Waals surface area contributed by atoms with Crippen molar-refractivity contribution >= 4 is 5.91 Å². The van der Waals surface area contributed by atoms with Gasteiger partial charge in [-0.2, -0.15) is 0 Å². The zero-order valence-corrected chi connectivity index (χ0v) is 12.2. The van der Waals surface area contributed by atoms with Crippen LogP contribution in [0.15, 0.2) is 12.5 Å². The van der Waals surface area contributed by atoms with E-state index >= 15 is 0 Å². The fourth-order valence-corrected chi connectivity index (χ4v) is 3.14. The lowest BCUT2D eigenvalue weighted by Gasteiger charge is -2.22. The number of hydrogen-bond donors (Lipinski definition) is 3. The van der Waals surface area contributed by atoms with E-state index in [0.29, 0.717) is 12.4 Å². The Morgan fingerprint density at radius 2 is 2.27 bits per heavy atom. The molecule has 0 bridgehead atoms. The summed E-state index contributed by atoms with van der Waals surface area (Å²) in [5.41, 5.74) is 4.20. The summed E-state index contributed by atoms with van der Waals surface area (Å²) in [5.74, 6) is 0.587. The number of imidazole rings is 1. The molecule has 1 atom stereocenters. The second kappa shape index (κ2) is 5.49. The first kappa shape index (κ1) is 13.4. The average Bonchev–Trinajstić information content (AvgIpc) is 3.20. The Morgan fingerprint density at radius 3 is 3.23 bits per heavy atom. The molecule has 1 amide bonds. The lowest BCUT2D eigenvalue weighted by Crippen LogP contribution is -2.41. The fourth-order valence-electron chi connectivity index (χ4n) is 3.14. The lowest BCUT2D eigenvalue weighted by molar-refractivity contribution is -0.123. The summed E-state index contributed by atoms with van der Waals surface area (Å²) in [4.78, 5) is 28.6. The minimum Gasteiger partial charge on any atom is -0.348 e. The van der Waals surface area contributed by atoms with Gasteiger partial charge in [-0.15, -0.1) is 0 Å². The van der Waals surface area contributed by atoms with Gasteiger partial charge in [0.25, 0.3) is 0 Å². The number of aryl methyl sites for hydroxylation is 2. The second-order valence-corrected chi connectivity index (χ2v) is 5.73. The molecule has 2 aromatic heterocycles. The highest BCUT2D eigenvalue weighted by atomic mass is 16.2. The lowest BCUT2D eigenvalue weighted by atomic mass is 10.1. The van der Waals surface area contributed by atoms with Gasteiger partial charge in [-0.1, -0.05) is 0 Å². The molecule has 22 heavy (non-hydrogen) atoms. The van der Waals surface area contributed by atoms with E-state index in [1.807, 2.05) is 6.20 Å². The largest absolute Gasteiger partial charge is 0.348 e. The van der Waals surface area contributed by atoms with Crippen LogP contribution in [0.5, 0.6) is 0 Å². The van der Waals surface area contributed by atoms with Gasteiger partial charge in [0.05, 0.1) is 18.6 Å². The topological polar surface area (TPSA) is 95.6 Å². The molecule has 0 radical (unpaired) electrons. The SMILES string of the molecule is O=C(NCc1ncc2c(n1)CCC2)[C@@H]1NCCc2[nH]cnc21. The fraction of sp³-hybridized carbons (Fsp3) is 0.467. The number of nitrogens with zero attached hydrogens (tertiary/aromatic N) is 3. The Hall–Kier alpha value is -2.28. The number of amides is 1. The van der Waals surface area contributed by atoms with Crippen molar-refractivity contribution in [1.29, 1.82) is 0 Å². The molecule has 3 heterocycles. The number of aromatic nitrogens is 4. The van der Waals surface area contributed by atoms with Crippen molar-refractivity contribution in [3.63, 3.8) is 0 Å². The van der Waals surface area contributed by atoms with Gasteiger partial charge in [-0.05, 0) is 24.8 Å². The van der Waals surface area contributed by atoms with Crippen molar-refractivity contribution in [2.75, 3.05) is 6.54 Å². The summed E-state index contributed by atoms with van der Waals surface area (Å²) in [6.07, 6.45) is 7.62. The van der Waals surface area contributed by atoms with Crippen molar-refractivity contribution in [3.05, 3.63) is 41.0 Å². The highest BCUT2D eigenvalue weighted by Gasteiger charge is 2.28. The summed E-state index contributed by atoms with van der Waals surface area (Å²) >= 11 is 0. The van der Waals surface area contributed by atoms with E-state index in [9.17, 15) is 4.79 Å². The van der Waals surface area contributed by atoms with Crippen LogP contribution in [0, 0.1) is 0 Å². The van der Waals surface area contributed by atoms with Crippen LogP contribution in [0.25, 0.3) is 0 Å². The van der Waals surface area contributed by atoms with Crippen LogP contribution >= 0.6 is 0 Å². The molecule has 3 N–H and O–H groups in total. The predicted octanol–water partition coefficient (Wildman–Crippen LogP) is 0.192. The molecule has 0 fully saturated rings. The third-order valence-corrected chi connectivity index (χ3v) is 4.30. The number of rotatable bonds is 3. The molecule has 1 aliphatic carbocycles. The number of nitrogens with one attached hydrogen (secondary N) is 3. The van der Waals surface area contributed by atoms with Gasteiger partial charge < -0.3 is 15.6 Å². The van der Waals surface area contributed by atoms with E-state index in [4.69, 9.17) is 0 Å².